The van der Waals surface area contributed by atoms with Crippen molar-refractivity contribution in [1.29, 1.82) is 0 Å². The Hall–Kier alpha value is -2.49. The fraction of sp³-hybridized carbons (Fsp3) is 0.133. The van der Waals surface area contributed by atoms with E-state index in [1.165, 1.54) is 5.56 Å². The molecule has 0 saturated carbocycles. The molecule has 4 nitrogen and oxygen atoms in total. The van der Waals surface area contributed by atoms with Gasteiger partial charge < -0.3 is 15.4 Å². The number of imidazole rings is 1. The summed E-state index contributed by atoms with van der Waals surface area (Å²) in [6.45, 7) is 2.07. The molecule has 0 fully saturated rings. The molecular weight excluding hydrogens is 238 g/mol. The number of nitrogens with two attached hydrogens (primary N) is 1. The van der Waals surface area contributed by atoms with Crippen LogP contribution in [-0.4, -0.2) is 14.7 Å². The molecule has 0 saturated heterocycles. The Labute approximate surface area is 111 Å². The maximum Gasteiger partial charge on any atom is 0.140 e. The minimum atomic E-state index is 0.0960. The van der Waals surface area contributed by atoms with Gasteiger partial charge in [-0.15, -0.1) is 0 Å². The van der Waals surface area contributed by atoms with Crippen LogP contribution in [0.1, 0.15) is 5.56 Å². The number of hydrogen-bond acceptors (Lipinski definition) is 3. The summed E-state index contributed by atoms with van der Waals surface area (Å²) in [4.78, 5) is 4.64. The molecule has 0 aliphatic rings. The molecule has 1 aromatic heterocycles. The normalized spacial score (nSPS) is 11.1. The van der Waals surface area contributed by atoms with Crippen molar-refractivity contribution in [3.63, 3.8) is 0 Å². The maximum absolute atomic E-state index is 9.49. The van der Waals surface area contributed by atoms with E-state index in [1.807, 2.05) is 25.2 Å². The molecule has 3 rings (SSSR count). The summed E-state index contributed by atoms with van der Waals surface area (Å²) in [6.07, 6.45) is 0. The van der Waals surface area contributed by atoms with E-state index in [1.54, 1.807) is 12.1 Å². The van der Waals surface area contributed by atoms with Crippen molar-refractivity contribution in [1.82, 2.24) is 9.55 Å². The second kappa shape index (κ2) is 4.02. The summed E-state index contributed by atoms with van der Waals surface area (Å²) in [5.74, 6) is 0.940. The number of aromatic nitrogens is 2. The monoisotopic (exact) mass is 253 g/mol. The van der Waals surface area contributed by atoms with Crippen LogP contribution >= 0.6 is 0 Å². The van der Waals surface area contributed by atoms with Gasteiger partial charge in [-0.05, 0) is 36.8 Å². The Morgan fingerprint density at radius 1 is 1.21 bits per heavy atom. The predicted octanol–water partition coefficient (Wildman–Crippen LogP) is 2.84. The summed E-state index contributed by atoms with van der Waals surface area (Å²) in [6, 6.07) is 11.2. The Kier molecular flexibility index (Phi) is 2.45. The number of aromatic hydroxyl groups is 1. The lowest BCUT2D eigenvalue weighted by molar-refractivity contribution is 0.478. The number of nitrogen functional groups attached to an aromatic ring is 1. The smallest absolute Gasteiger partial charge is 0.140 e. The van der Waals surface area contributed by atoms with Crippen LogP contribution in [0, 0.1) is 6.92 Å². The largest absolute Gasteiger partial charge is 0.506 e. The number of nitrogens with zero attached hydrogens (tertiary/aromatic N) is 2. The number of para-hydroxylation sites is 1. The second-order valence-corrected chi connectivity index (χ2v) is 4.71. The first-order valence-corrected chi connectivity index (χ1v) is 6.09. The van der Waals surface area contributed by atoms with Gasteiger partial charge in [0.2, 0.25) is 0 Å². The summed E-state index contributed by atoms with van der Waals surface area (Å²) < 4.78 is 2.05. The van der Waals surface area contributed by atoms with Crippen LogP contribution in [0.2, 0.25) is 0 Å². The van der Waals surface area contributed by atoms with E-state index >= 15 is 0 Å². The van der Waals surface area contributed by atoms with Crippen molar-refractivity contribution in [2.75, 3.05) is 5.73 Å². The van der Waals surface area contributed by atoms with Crippen LogP contribution < -0.4 is 5.73 Å². The molecule has 96 valence electrons. The SMILES string of the molecule is Cc1cccc2nc(-c3ccc(O)c(N)c3)n(C)c12. The first-order chi connectivity index (χ1) is 9.08. The Morgan fingerprint density at radius 2 is 2.00 bits per heavy atom. The molecule has 2 aromatic carbocycles. The summed E-state index contributed by atoms with van der Waals surface area (Å²) in [7, 11) is 1.99. The number of phenolic OH excluding ortho intramolecular Hbond substituents is 1. The zero-order chi connectivity index (χ0) is 13.6. The molecule has 4 heteroatoms. The van der Waals surface area contributed by atoms with Crippen LogP contribution in [0.5, 0.6) is 5.75 Å². The van der Waals surface area contributed by atoms with Gasteiger partial charge in [0.15, 0.2) is 0 Å². The number of hydrogen-bond donors (Lipinski definition) is 2. The van der Waals surface area contributed by atoms with Crippen LogP contribution in [-0.2, 0) is 7.05 Å². The first-order valence-electron chi connectivity index (χ1n) is 6.09. The molecule has 3 aromatic rings. The van der Waals surface area contributed by atoms with Gasteiger partial charge in [0.1, 0.15) is 11.6 Å². The van der Waals surface area contributed by atoms with Crippen molar-refractivity contribution < 1.29 is 5.11 Å². The van der Waals surface area contributed by atoms with Gasteiger partial charge in [0.25, 0.3) is 0 Å². The third-order valence-electron chi connectivity index (χ3n) is 3.38. The van der Waals surface area contributed by atoms with Gasteiger partial charge in [0.05, 0.1) is 16.7 Å². The lowest BCUT2D eigenvalue weighted by Gasteiger charge is -2.05. The van der Waals surface area contributed by atoms with Crippen LogP contribution in [0.15, 0.2) is 36.4 Å². The van der Waals surface area contributed by atoms with Gasteiger partial charge in [-0.2, -0.15) is 0 Å². The van der Waals surface area contributed by atoms with Crippen molar-refractivity contribution in [3.05, 3.63) is 42.0 Å². The molecule has 0 aliphatic carbocycles. The highest BCUT2D eigenvalue weighted by Crippen LogP contribution is 2.29. The molecule has 19 heavy (non-hydrogen) atoms. The first kappa shape index (κ1) is 11.6. The zero-order valence-electron chi connectivity index (χ0n) is 10.9. The summed E-state index contributed by atoms with van der Waals surface area (Å²) >= 11 is 0. The minimum absolute atomic E-state index is 0.0960. The van der Waals surface area contributed by atoms with Crippen molar-refractivity contribution in [2.45, 2.75) is 6.92 Å². The van der Waals surface area contributed by atoms with E-state index in [2.05, 4.69) is 22.5 Å². The van der Waals surface area contributed by atoms with E-state index in [0.717, 1.165) is 22.4 Å². The molecular formula is C15H15N3O. The molecule has 0 spiro atoms. The molecule has 0 bridgehead atoms. The third kappa shape index (κ3) is 1.73. The quantitative estimate of drug-likeness (QED) is 0.517. The Bertz CT molecular complexity index is 774. The topological polar surface area (TPSA) is 64.1 Å². The van der Waals surface area contributed by atoms with Crippen LogP contribution in [0.3, 0.4) is 0 Å². The van der Waals surface area contributed by atoms with E-state index in [-0.39, 0.29) is 5.75 Å². The fourth-order valence-electron chi connectivity index (χ4n) is 2.42. The molecule has 0 aliphatic heterocycles. The van der Waals surface area contributed by atoms with E-state index < -0.39 is 0 Å². The minimum Gasteiger partial charge on any atom is -0.506 e. The molecule has 3 N–H and O–H groups in total. The third-order valence-corrected chi connectivity index (χ3v) is 3.38. The van der Waals surface area contributed by atoms with Gasteiger partial charge in [-0.25, -0.2) is 4.98 Å². The average Bonchev–Trinajstić information content (AvgIpc) is 2.72. The van der Waals surface area contributed by atoms with Crippen molar-refractivity contribution >= 4 is 16.7 Å². The molecule has 0 radical (unpaired) electrons. The lowest BCUT2D eigenvalue weighted by atomic mass is 10.2. The predicted molar refractivity (Wildman–Crippen MR) is 77.0 cm³/mol. The highest BCUT2D eigenvalue weighted by atomic mass is 16.3. The van der Waals surface area contributed by atoms with Gasteiger partial charge in [-0.1, -0.05) is 12.1 Å². The number of aryl methyl sites for hydroxylation is 2. The summed E-state index contributed by atoms with van der Waals surface area (Å²) in [5.41, 5.74) is 10.3. The molecule has 0 atom stereocenters. The molecule has 0 unspecified atom stereocenters. The highest BCUT2D eigenvalue weighted by molar-refractivity contribution is 5.84. The number of phenols is 1. The Morgan fingerprint density at radius 3 is 2.68 bits per heavy atom. The highest BCUT2D eigenvalue weighted by Gasteiger charge is 2.12. The van der Waals surface area contributed by atoms with Crippen molar-refractivity contribution in [3.8, 4) is 17.1 Å². The fourth-order valence-corrected chi connectivity index (χ4v) is 2.42. The van der Waals surface area contributed by atoms with Gasteiger partial charge in [-0.3, -0.25) is 0 Å². The number of rotatable bonds is 1. The number of fused-ring (bicyclic) bond motifs is 1. The van der Waals surface area contributed by atoms with Crippen molar-refractivity contribution in [2.24, 2.45) is 7.05 Å². The van der Waals surface area contributed by atoms with Crippen LogP contribution in [0.25, 0.3) is 22.4 Å². The van der Waals surface area contributed by atoms with Crippen LogP contribution in [0.4, 0.5) is 5.69 Å². The standard InChI is InChI=1S/C15H15N3O/c1-9-4-3-5-12-14(9)18(2)15(17-12)10-6-7-13(19)11(16)8-10/h3-8,19H,16H2,1-2H3. The van der Waals surface area contributed by atoms with Gasteiger partial charge in [0, 0.05) is 12.6 Å². The number of benzene rings is 2. The molecule has 0 amide bonds. The Balaban J connectivity index is 2.28. The number of anilines is 1. The van der Waals surface area contributed by atoms with E-state index in [0.29, 0.717) is 5.69 Å². The zero-order valence-corrected chi connectivity index (χ0v) is 10.9. The van der Waals surface area contributed by atoms with Gasteiger partial charge >= 0.3 is 0 Å². The maximum atomic E-state index is 9.49. The summed E-state index contributed by atoms with van der Waals surface area (Å²) in [5, 5.41) is 9.49. The van der Waals surface area contributed by atoms with E-state index in [4.69, 9.17) is 5.73 Å². The second-order valence-electron chi connectivity index (χ2n) is 4.71. The lowest BCUT2D eigenvalue weighted by Crippen LogP contribution is -1.95. The molecule has 1 heterocycles. The van der Waals surface area contributed by atoms with E-state index in [9.17, 15) is 5.11 Å². The average molecular weight is 253 g/mol.